The van der Waals surface area contributed by atoms with Gasteiger partial charge in [0, 0.05) is 7.05 Å². The fourth-order valence-electron chi connectivity index (χ4n) is 2.71. The topological polar surface area (TPSA) is 94.2 Å². The molecule has 156 valence electrons. The second-order valence-electron chi connectivity index (χ2n) is 6.73. The maximum Gasteiger partial charge on any atom is 0.260 e. The van der Waals surface area contributed by atoms with Crippen LogP contribution in [-0.4, -0.2) is 53.0 Å². The van der Waals surface area contributed by atoms with Crippen molar-refractivity contribution in [3.8, 4) is 17.2 Å². The van der Waals surface area contributed by atoms with Crippen LogP contribution in [0.2, 0.25) is 0 Å². The summed E-state index contributed by atoms with van der Waals surface area (Å²) in [4.78, 5) is 12.3. The highest BCUT2D eigenvalue weighted by Crippen LogP contribution is 2.30. The number of benzene rings is 2. The van der Waals surface area contributed by atoms with Crippen molar-refractivity contribution in [2.45, 2.75) is 19.1 Å². The van der Waals surface area contributed by atoms with E-state index in [1.807, 2.05) is 24.3 Å². The molecule has 3 rings (SSSR count). The number of rotatable bonds is 7. The number of anilines is 1. The monoisotopic (exact) mass is 420 g/mol. The minimum Gasteiger partial charge on any atom is -0.486 e. The molecule has 0 spiro atoms. The second kappa shape index (κ2) is 8.60. The van der Waals surface area contributed by atoms with E-state index in [0.29, 0.717) is 36.1 Å². The Labute approximate surface area is 170 Å². The van der Waals surface area contributed by atoms with E-state index in [1.54, 1.807) is 31.2 Å². The van der Waals surface area contributed by atoms with E-state index in [-0.39, 0.29) is 12.0 Å². The van der Waals surface area contributed by atoms with Crippen molar-refractivity contribution in [3.05, 3.63) is 48.5 Å². The smallest absolute Gasteiger partial charge is 0.260 e. The van der Waals surface area contributed by atoms with Gasteiger partial charge >= 0.3 is 0 Å². The lowest BCUT2D eigenvalue weighted by Crippen LogP contribution is -2.44. The van der Waals surface area contributed by atoms with Crippen molar-refractivity contribution in [1.82, 2.24) is 5.32 Å². The molecule has 2 aromatic carbocycles. The SMILES string of the molecule is C[C@@H](Oc1ccc(N(C)S(C)(=O)=O)cc1)C(=O)NC[C@@H]1COc2ccccc2O1. The Morgan fingerprint density at radius 1 is 1.21 bits per heavy atom. The Morgan fingerprint density at radius 3 is 2.52 bits per heavy atom. The first-order valence-corrected chi connectivity index (χ1v) is 11.0. The van der Waals surface area contributed by atoms with Crippen molar-refractivity contribution in [2.75, 3.05) is 30.8 Å². The van der Waals surface area contributed by atoms with Gasteiger partial charge in [0.2, 0.25) is 10.0 Å². The normalized spacial score (nSPS) is 16.6. The summed E-state index contributed by atoms with van der Waals surface area (Å²) in [5, 5.41) is 2.80. The number of fused-ring (bicyclic) bond motifs is 1. The first-order chi connectivity index (χ1) is 13.7. The van der Waals surface area contributed by atoms with Gasteiger partial charge in [0.25, 0.3) is 5.91 Å². The summed E-state index contributed by atoms with van der Waals surface area (Å²) in [5.41, 5.74) is 0.506. The van der Waals surface area contributed by atoms with Gasteiger partial charge in [-0.1, -0.05) is 12.1 Å². The highest BCUT2D eigenvalue weighted by atomic mass is 32.2. The average Bonchev–Trinajstić information content (AvgIpc) is 2.71. The number of hydrogen-bond donors (Lipinski definition) is 1. The van der Waals surface area contributed by atoms with E-state index in [9.17, 15) is 13.2 Å². The molecule has 1 N–H and O–H groups in total. The Bertz CT molecular complexity index is 961. The molecule has 9 heteroatoms. The Balaban J connectivity index is 1.49. The number of carbonyl (C=O) groups excluding carboxylic acids is 1. The number of carbonyl (C=O) groups is 1. The minimum atomic E-state index is -3.34. The first-order valence-electron chi connectivity index (χ1n) is 9.11. The third-order valence-electron chi connectivity index (χ3n) is 4.45. The third kappa shape index (κ3) is 5.32. The number of hydrogen-bond acceptors (Lipinski definition) is 6. The fraction of sp³-hybridized carbons (Fsp3) is 0.350. The third-order valence-corrected chi connectivity index (χ3v) is 5.66. The molecule has 0 bridgehead atoms. The molecule has 0 unspecified atom stereocenters. The summed E-state index contributed by atoms with van der Waals surface area (Å²) in [6.07, 6.45) is 0.112. The van der Waals surface area contributed by atoms with Gasteiger partial charge in [-0.3, -0.25) is 9.10 Å². The quantitative estimate of drug-likeness (QED) is 0.734. The van der Waals surface area contributed by atoms with Gasteiger partial charge in [0.15, 0.2) is 17.6 Å². The zero-order valence-electron chi connectivity index (χ0n) is 16.5. The standard InChI is InChI=1S/C20H24N2O6S/c1-14(27-16-10-8-15(9-11-16)22(2)29(3,24)25)20(23)21-12-17-13-26-18-6-4-5-7-19(18)28-17/h4-11,14,17H,12-13H2,1-3H3,(H,21,23)/t14-,17-/m1/s1. The van der Waals surface area contributed by atoms with E-state index >= 15 is 0 Å². The van der Waals surface area contributed by atoms with E-state index in [0.717, 1.165) is 10.6 Å². The van der Waals surface area contributed by atoms with E-state index in [4.69, 9.17) is 14.2 Å². The van der Waals surface area contributed by atoms with Crippen molar-refractivity contribution < 1.29 is 27.4 Å². The van der Waals surface area contributed by atoms with Gasteiger partial charge in [-0.2, -0.15) is 0 Å². The van der Waals surface area contributed by atoms with E-state index < -0.39 is 16.1 Å². The maximum atomic E-state index is 12.3. The molecule has 1 heterocycles. The summed E-state index contributed by atoms with van der Waals surface area (Å²) < 4.78 is 41.4. The number of sulfonamides is 1. The van der Waals surface area contributed by atoms with Crippen LogP contribution >= 0.6 is 0 Å². The van der Waals surface area contributed by atoms with Crippen LogP contribution < -0.4 is 23.8 Å². The highest BCUT2D eigenvalue weighted by molar-refractivity contribution is 7.92. The van der Waals surface area contributed by atoms with Crippen molar-refractivity contribution in [2.24, 2.45) is 0 Å². The van der Waals surface area contributed by atoms with E-state index in [1.165, 1.54) is 7.05 Å². The van der Waals surface area contributed by atoms with Crippen molar-refractivity contribution in [1.29, 1.82) is 0 Å². The summed E-state index contributed by atoms with van der Waals surface area (Å²) in [7, 11) is -1.87. The predicted molar refractivity (Wildman–Crippen MR) is 109 cm³/mol. The Hall–Kier alpha value is -2.94. The Kier molecular flexibility index (Phi) is 6.17. The van der Waals surface area contributed by atoms with Crippen LogP contribution in [0.5, 0.6) is 17.2 Å². The molecular formula is C20H24N2O6S. The predicted octanol–water partition coefficient (Wildman–Crippen LogP) is 1.81. The van der Waals surface area contributed by atoms with Gasteiger partial charge < -0.3 is 19.5 Å². The van der Waals surface area contributed by atoms with Crippen LogP contribution in [0.4, 0.5) is 5.69 Å². The number of para-hydroxylation sites is 2. The van der Waals surface area contributed by atoms with Crippen LogP contribution in [0.1, 0.15) is 6.92 Å². The number of amides is 1. The van der Waals surface area contributed by atoms with Crippen molar-refractivity contribution >= 4 is 21.6 Å². The van der Waals surface area contributed by atoms with E-state index in [2.05, 4.69) is 5.32 Å². The van der Waals surface area contributed by atoms with Gasteiger partial charge in [0.05, 0.1) is 18.5 Å². The van der Waals surface area contributed by atoms with Gasteiger partial charge in [-0.05, 0) is 43.3 Å². The lowest BCUT2D eigenvalue weighted by Gasteiger charge is -2.27. The molecule has 0 fully saturated rings. The molecule has 0 aliphatic carbocycles. The summed E-state index contributed by atoms with van der Waals surface area (Å²) >= 11 is 0. The van der Waals surface area contributed by atoms with Crippen LogP contribution in [0.15, 0.2) is 48.5 Å². The summed E-state index contributed by atoms with van der Waals surface area (Å²) in [6.45, 7) is 2.28. The molecule has 29 heavy (non-hydrogen) atoms. The summed E-state index contributed by atoms with van der Waals surface area (Å²) in [6, 6.07) is 13.9. The summed E-state index contributed by atoms with van der Waals surface area (Å²) in [5.74, 6) is 1.52. The molecule has 0 saturated carbocycles. The minimum absolute atomic E-state index is 0.285. The molecule has 0 saturated heterocycles. The largest absolute Gasteiger partial charge is 0.486 e. The fourth-order valence-corrected chi connectivity index (χ4v) is 3.21. The zero-order valence-corrected chi connectivity index (χ0v) is 17.3. The van der Waals surface area contributed by atoms with Crippen LogP contribution in [-0.2, 0) is 14.8 Å². The molecule has 1 aliphatic rings. The number of ether oxygens (including phenoxy) is 3. The van der Waals surface area contributed by atoms with Crippen molar-refractivity contribution in [3.63, 3.8) is 0 Å². The molecule has 8 nitrogen and oxygen atoms in total. The van der Waals surface area contributed by atoms with Gasteiger partial charge in [0.1, 0.15) is 18.5 Å². The first kappa shape index (κ1) is 20.8. The zero-order chi connectivity index (χ0) is 21.0. The lowest BCUT2D eigenvalue weighted by atomic mass is 10.2. The molecule has 1 amide bonds. The van der Waals surface area contributed by atoms with Gasteiger partial charge in [-0.15, -0.1) is 0 Å². The number of nitrogens with zero attached hydrogens (tertiary/aromatic N) is 1. The highest BCUT2D eigenvalue weighted by Gasteiger charge is 2.23. The molecular weight excluding hydrogens is 396 g/mol. The molecule has 0 radical (unpaired) electrons. The van der Waals surface area contributed by atoms with Crippen LogP contribution in [0, 0.1) is 0 Å². The Morgan fingerprint density at radius 2 is 1.86 bits per heavy atom. The molecule has 1 aliphatic heterocycles. The van der Waals surface area contributed by atoms with Crippen LogP contribution in [0.3, 0.4) is 0 Å². The molecule has 2 atom stereocenters. The molecule has 0 aromatic heterocycles. The second-order valence-corrected chi connectivity index (χ2v) is 8.74. The number of nitrogens with one attached hydrogen (secondary N) is 1. The lowest BCUT2D eigenvalue weighted by molar-refractivity contribution is -0.127. The average molecular weight is 420 g/mol. The molecule has 2 aromatic rings. The maximum absolute atomic E-state index is 12.3. The van der Waals surface area contributed by atoms with Gasteiger partial charge in [-0.25, -0.2) is 8.42 Å². The van der Waals surface area contributed by atoms with Crippen LogP contribution in [0.25, 0.3) is 0 Å².